The molecular weight excluding hydrogens is 140 g/mol. The van der Waals surface area contributed by atoms with Crippen LogP contribution in [-0.4, -0.2) is 27.0 Å². The topological polar surface area (TPSA) is 20.2 Å². The van der Waals surface area contributed by atoms with Gasteiger partial charge in [0.25, 0.3) is 0 Å². The van der Waals surface area contributed by atoms with Crippen LogP contribution in [0.2, 0.25) is 6.04 Å². The summed E-state index contributed by atoms with van der Waals surface area (Å²) in [5.41, 5.74) is 0. The number of rotatable bonds is 5. The van der Waals surface area contributed by atoms with Crippen molar-refractivity contribution in [1.29, 1.82) is 0 Å². The normalized spacial score (nSPS) is 30.1. The minimum Gasteiger partial charge on any atom is -0.396 e. The van der Waals surface area contributed by atoms with Gasteiger partial charge >= 0.3 is 0 Å². The van der Waals surface area contributed by atoms with E-state index in [1.807, 2.05) is 0 Å². The van der Waals surface area contributed by atoms with Crippen molar-refractivity contribution < 1.29 is 5.11 Å². The molecule has 1 fully saturated rings. The quantitative estimate of drug-likeness (QED) is 0.580. The lowest BCUT2D eigenvalue weighted by Gasteiger charge is -1.93. The predicted molar refractivity (Wildman–Crippen MR) is 47.0 cm³/mol. The Balaban J connectivity index is 1.96. The summed E-state index contributed by atoms with van der Waals surface area (Å²) in [6, 6.07) is 1.35. The van der Waals surface area contributed by atoms with Gasteiger partial charge in [0.15, 0.2) is 0 Å². The maximum atomic E-state index is 8.61. The molecule has 0 unspecified atom stereocenters. The highest BCUT2D eigenvalue weighted by atomic mass is 28.2. The average molecular weight is 156 g/mol. The third-order valence-corrected chi connectivity index (χ3v) is 3.05. The van der Waals surface area contributed by atoms with Crippen molar-refractivity contribution in [2.24, 2.45) is 11.8 Å². The fourth-order valence-corrected chi connectivity index (χ4v) is 2.18. The molecule has 2 heteroatoms. The van der Waals surface area contributed by atoms with Gasteiger partial charge in [-0.05, 0) is 46.3 Å². The van der Waals surface area contributed by atoms with Gasteiger partial charge in [0.1, 0.15) is 0 Å². The zero-order valence-electron chi connectivity index (χ0n) is 6.42. The molecule has 2 atom stereocenters. The lowest BCUT2D eigenvalue weighted by Crippen LogP contribution is -1.88. The van der Waals surface area contributed by atoms with E-state index in [1.54, 1.807) is 0 Å². The van der Waals surface area contributed by atoms with E-state index in [4.69, 9.17) is 5.11 Å². The maximum Gasteiger partial charge on any atom is 0.0433 e. The zero-order chi connectivity index (χ0) is 7.40. The summed E-state index contributed by atoms with van der Waals surface area (Å²) < 4.78 is 0. The third-order valence-electron chi connectivity index (χ3n) is 2.31. The van der Waals surface area contributed by atoms with E-state index in [2.05, 4.69) is 6.17 Å². The molecule has 1 aliphatic carbocycles. The van der Waals surface area contributed by atoms with Crippen LogP contribution in [0.1, 0.15) is 19.3 Å². The van der Waals surface area contributed by atoms with Crippen LogP contribution in [-0.2, 0) is 0 Å². The van der Waals surface area contributed by atoms with Crippen molar-refractivity contribution in [3.63, 3.8) is 0 Å². The smallest absolute Gasteiger partial charge is 0.0433 e. The van der Waals surface area contributed by atoms with E-state index in [-0.39, 0.29) is 0 Å². The standard InChI is InChI=1S/C8H16OSi/c1-10-5-3-8-6-7(8)2-4-9/h7-10H,1-6H2/t7-,8+/m1/s1. The highest BCUT2D eigenvalue weighted by molar-refractivity contribution is 6.40. The first-order chi connectivity index (χ1) is 4.88. The molecule has 1 saturated carbocycles. The summed E-state index contributed by atoms with van der Waals surface area (Å²) in [6.07, 6.45) is 7.68. The van der Waals surface area contributed by atoms with Crippen LogP contribution < -0.4 is 0 Å². The molecule has 1 rings (SSSR count). The summed E-state index contributed by atoms with van der Waals surface area (Å²) in [4.78, 5) is 0. The average Bonchev–Trinajstić information content (AvgIpc) is 2.65. The first-order valence-corrected chi connectivity index (χ1v) is 5.73. The van der Waals surface area contributed by atoms with Gasteiger partial charge < -0.3 is 5.11 Å². The lowest BCUT2D eigenvalue weighted by atomic mass is 10.2. The molecule has 0 heterocycles. The van der Waals surface area contributed by atoms with E-state index in [0.717, 1.165) is 18.3 Å². The number of aliphatic hydroxyl groups excluding tert-OH is 1. The summed E-state index contributed by atoms with van der Waals surface area (Å²) in [5.74, 6) is 1.83. The van der Waals surface area contributed by atoms with Gasteiger partial charge in [-0.25, -0.2) is 0 Å². The Kier molecular flexibility index (Phi) is 3.29. The fourth-order valence-electron chi connectivity index (χ4n) is 1.52. The van der Waals surface area contributed by atoms with E-state index in [0.29, 0.717) is 15.7 Å². The van der Waals surface area contributed by atoms with Gasteiger partial charge in [-0.15, -0.1) is 6.17 Å². The number of hydrogen-bond donors (Lipinski definition) is 1. The fraction of sp³-hybridized carbons (Fsp3) is 0.875. The Labute approximate surface area is 64.9 Å². The second-order valence-corrected chi connectivity index (χ2v) is 4.29. The molecule has 0 saturated heterocycles. The summed E-state index contributed by atoms with van der Waals surface area (Å²) in [7, 11) is 0.466. The molecule has 0 aromatic heterocycles. The highest BCUT2D eigenvalue weighted by Crippen LogP contribution is 2.43. The molecule has 58 valence electrons. The molecule has 0 radical (unpaired) electrons. The Morgan fingerprint density at radius 2 is 2.10 bits per heavy atom. The molecule has 0 bridgehead atoms. The molecule has 1 N–H and O–H groups in total. The van der Waals surface area contributed by atoms with Gasteiger partial charge in [-0.1, -0.05) is 0 Å². The van der Waals surface area contributed by atoms with Crippen molar-refractivity contribution in [2.45, 2.75) is 25.3 Å². The molecule has 0 aromatic rings. The number of hydrogen-bond acceptors (Lipinski definition) is 1. The van der Waals surface area contributed by atoms with E-state index >= 15 is 0 Å². The molecule has 1 aliphatic rings. The van der Waals surface area contributed by atoms with Crippen LogP contribution in [0.15, 0.2) is 0 Å². The van der Waals surface area contributed by atoms with E-state index < -0.39 is 0 Å². The second kappa shape index (κ2) is 4.04. The Hall–Kier alpha value is 0.0469. The molecular formula is C8H16OSi. The first kappa shape index (κ1) is 8.15. The van der Waals surface area contributed by atoms with Gasteiger partial charge in [0.2, 0.25) is 0 Å². The lowest BCUT2D eigenvalue weighted by molar-refractivity contribution is 0.276. The maximum absolute atomic E-state index is 8.61. The Morgan fingerprint density at radius 1 is 1.40 bits per heavy atom. The van der Waals surface area contributed by atoms with Crippen molar-refractivity contribution in [1.82, 2.24) is 0 Å². The minimum atomic E-state index is 0.387. The highest BCUT2D eigenvalue weighted by Gasteiger charge is 2.34. The van der Waals surface area contributed by atoms with E-state index in [9.17, 15) is 0 Å². The second-order valence-electron chi connectivity index (χ2n) is 3.13. The van der Waals surface area contributed by atoms with Gasteiger partial charge in [-0.2, -0.15) is 0 Å². The molecule has 0 spiro atoms. The Morgan fingerprint density at radius 3 is 2.70 bits per heavy atom. The molecule has 0 aliphatic heterocycles. The van der Waals surface area contributed by atoms with Crippen molar-refractivity contribution in [2.75, 3.05) is 6.61 Å². The SMILES string of the molecule is C=[SiH]CC[C@H]1C[C@H]1CCO. The van der Waals surface area contributed by atoms with Crippen LogP contribution in [0.3, 0.4) is 0 Å². The minimum absolute atomic E-state index is 0.387. The van der Waals surface area contributed by atoms with Crippen LogP contribution >= 0.6 is 0 Å². The van der Waals surface area contributed by atoms with Crippen LogP contribution in [0.25, 0.3) is 0 Å². The molecule has 1 nitrogen and oxygen atoms in total. The zero-order valence-corrected chi connectivity index (χ0v) is 7.58. The third kappa shape index (κ3) is 2.35. The van der Waals surface area contributed by atoms with Crippen molar-refractivity contribution in [3.8, 4) is 0 Å². The molecule has 10 heavy (non-hydrogen) atoms. The summed E-state index contributed by atoms with van der Waals surface area (Å²) >= 11 is 0. The van der Waals surface area contributed by atoms with E-state index in [1.165, 1.54) is 18.9 Å². The van der Waals surface area contributed by atoms with Gasteiger partial charge in [-0.3, -0.25) is 0 Å². The Bertz CT molecular complexity index is 114. The van der Waals surface area contributed by atoms with Crippen molar-refractivity contribution in [3.05, 3.63) is 0 Å². The summed E-state index contributed by atoms with van der Waals surface area (Å²) in [5, 5.41) is 8.61. The summed E-state index contributed by atoms with van der Waals surface area (Å²) in [6.45, 7) is 0.387. The first-order valence-electron chi connectivity index (χ1n) is 4.10. The van der Waals surface area contributed by atoms with Crippen LogP contribution in [0.4, 0.5) is 0 Å². The molecule has 0 amide bonds. The van der Waals surface area contributed by atoms with Crippen molar-refractivity contribution >= 4 is 15.3 Å². The predicted octanol–water partition coefficient (Wildman–Crippen LogP) is 0.682. The largest absolute Gasteiger partial charge is 0.396 e. The van der Waals surface area contributed by atoms with Crippen LogP contribution in [0.5, 0.6) is 0 Å². The number of aliphatic hydroxyl groups is 1. The monoisotopic (exact) mass is 156 g/mol. The van der Waals surface area contributed by atoms with Gasteiger partial charge in [0, 0.05) is 6.61 Å². The molecule has 0 aromatic carbocycles. The van der Waals surface area contributed by atoms with Crippen LogP contribution in [0, 0.1) is 11.8 Å². The van der Waals surface area contributed by atoms with Gasteiger partial charge in [0.05, 0.1) is 0 Å².